The van der Waals surface area contributed by atoms with Crippen LogP contribution in [0.5, 0.6) is 11.5 Å². The molecule has 0 radical (unpaired) electrons. The molecule has 2 aromatic heterocycles. The van der Waals surface area contributed by atoms with Crippen LogP contribution in [0.3, 0.4) is 0 Å². The molecule has 2 aromatic carbocycles. The lowest BCUT2D eigenvalue weighted by Gasteiger charge is -2.19. The molecular formula is C24H23FN2O4S. The van der Waals surface area contributed by atoms with Gasteiger partial charge in [-0.25, -0.2) is 18.7 Å². The second kappa shape index (κ2) is 9.48. The van der Waals surface area contributed by atoms with E-state index in [2.05, 4.69) is 4.98 Å². The zero-order chi connectivity index (χ0) is 22.7. The molecule has 8 heteroatoms. The Morgan fingerprint density at radius 2 is 2.00 bits per heavy atom. The normalized spacial score (nSPS) is 12.1. The number of halogens is 1. The van der Waals surface area contributed by atoms with E-state index in [1.807, 2.05) is 31.4 Å². The number of nitrogens with zero attached hydrogens (tertiary/aromatic N) is 2. The summed E-state index contributed by atoms with van der Waals surface area (Å²) in [5.74, 6) is 0.955. The monoisotopic (exact) mass is 454 g/mol. The molecule has 0 amide bonds. The van der Waals surface area contributed by atoms with Crippen LogP contribution in [0.2, 0.25) is 0 Å². The number of oxazole rings is 1. The van der Waals surface area contributed by atoms with Gasteiger partial charge in [0.15, 0.2) is 22.7 Å². The third-order valence-corrected chi connectivity index (χ3v) is 5.80. The lowest BCUT2D eigenvalue weighted by molar-refractivity contribution is 0.310. The maximum Gasteiger partial charge on any atom is 0.421 e. The fraction of sp³-hybridized carbons (Fsp3) is 0.250. The lowest BCUT2D eigenvalue weighted by Crippen LogP contribution is -2.23. The Morgan fingerprint density at radius 1 is 1.19 bits per heavy atom. The molecule has 4 rings (SSSR count). The van der Waals surface area contributed by atoms with Crippen molar-refractivity contribution in [2.24, 2.45) is 0 Å². The number of thioether (sulfide) groups is 1. The fourth-order valence-electron chi connectivity index (χ4n) is 3.69. The van der Waals surface area contributed by atoms with Crippen molar-refractivity contribution >= 4 is 23.0 Å². The molecule has 0 saturated heterocycles. The first kappa shape index (κ1) is 22.0. The quantitative estimate of drug-likeness (QED) is 0.367. The molecule has 0 saturated carbocycles. The van der Waals surface area contributed by atoms with Crippen LogP contribution in [0.4, 0.5) is 4.39 Å². The number of methoxy groups -OCH3 is 1. The predicted molar refractivity (Wildman–Crippen MR) is 124 cm³/mol. The number of pyridine rings is 1. The van der Waals surface area contributed by atoms with E-state index in [0.29, 0.717) is 46.2 Å². The number of fused-ring (bicyclic) bond motifs is 1. The standard InChI is InChI=1S/C24H23FN2O4S/c1-4-30-21-11-15(9-10-20(21)29-2)19(14-32-3)27-23-22(31-24(27)28)12-16(13-26-23)17-7-5-6-8-18(17)25/h5-13,19H,4,14H2,1-3H3. The van der Waals surface area contributed by atoms with E-state index in [4.69, 9.17) is 13.9 Å². The molecule has 2 heterocycles. The average molecular weight is 455 g/mol. The van der Waals surface area contributed by atoms with Gasteiger partial charge in [-0.3, -0.25) is 0 Å². The largest absolute Gasteiger partial charge is 0.493 e. The summed E-state index contributed by atoms with van der Waals surface area (Å²) in [6.07, 6.45) is 3.53. The second-order valence-electron chi connectivity index (χ2n) is 7.08. The molecule has 0 aliphatic carbocycles. The van der Waals surface area contributed by atoms with Gasteiger partial charge in [0, 0.05) is 23.1 Å². The topological polar surface area (TPSA) is 66.5 Å². The van der Waals surface area contributed by atoms with Crippen LogP contribution in [0.25, 0.3) is 22.4 Å². The highest BCUT2D eigenvalue weighted by Crippen LogP contribution is 2.34. The highest BCUT2D eigenvalue weighted by Gasteiger charge is 2.23. The molecule has 0 spiro atoms. The third kappa shape index (κ3) is 4.10. The molecule has 0 N–H and O–H groups in total. The van der Waals surface area contributed by atoms with E-state index in [1.54, 1.807) is 49.3 Å². The first-order valence-corrected chi connectivity index (χ1v) is 11.5. The number of hydrogen-bond donors (Lipinski definition) is 0. The summed E-state index contributed by atoms with van der Waals surface area (Å²) < 4.78 is 32.4. The number of ether oxygens (including phenoxy) is 2. The molecule has 0 bridgehead atoms. The van der Waals surface area contributed by atoms with Crippen LogP contribution >= 0.6 is 11.8 Å². The Bertz CT molecular complexity index is 1300. The number of aromatic nitrogens is 2. The summed E-state index contributed by atoms with van der Waals surface area (Å²) in [7, 11) is 1.59. The third-order valence-electron chi connectivity index (χ3n) is 5.15. The van der Waals surface area contributed by atoms with Crippen LogP contribution in [0, 0.1) is 5.82 Å². The van der Waals surface area contributed by atoms with E-state index < -0.39 is 5.76 Å². The van der Waals surface area contributed by atoms with Gasteiger partial charge in [-0.05, 0) is 43.0 Å². The Hall–Kier alpha value is -3.26. The van der Waals surface area contributed by atoms with E-state index >= 15 is 0 Å². The van der Waals surface area contributed by atoms with Crippen molar-refractivity contribution in [2.45, 2.75) is 13.0 Å². The van der Waals surface area contributed by atoms with Gasteiger partial charge in [-0.2, -0.15) is 11.8 Å². The SMILES string of the molecule is CCOc1cc(C(CSC)n2c(=O)oc3cc(-c4ccccc4F)cnc32)ccc1OC. The van der Waals surface area contributed by atoms with E-state index in [0.717, 1.165) is 5.56 Å². The molecule has 166 valence electrons. The smallest absolute Gasteiger partial charge is 0.421 e. The summed E-state index contributed by atoms with van der Waals surface area (Å²) in [6.45, 7) is 2.39. The van der Waals surface area contributed by atoms with Gasteiger partial charge in [0.1, 0.15) is 5.82 Å². The molecular weight excluding hydrogens is 431 g/mol. The van der Waals surface area contributed by atoms with Crippen LogP contribution in [0.15, 0.2) is 63.9 Å². The minimum Gasteiger partial charge on any atom is -0.493 e. The summed E-state index contributed by atoms with van der Waals surface area (Å²) in [6, 6.07) is 13.3. The van der Waals surface area contributed by atoms with Gasteiger partial charge in [-0.1, -0.05) is 24.3 Å². The van der Waals surface area contributed by atoms with Crippen molar-refractivity contribution in [3.05, 3.63) is 76.7 Å². The minimum absolute atomic E-state index is 0.306. The molecule has 32 heavy (non-hydrogen) atoms. The first-order chi connectivity index (χ1) is 15.6. The highest BCUT2D eigenvalue weighted by atomic mass is 32.2. The van der Waals surface area contributed by atoms with Gasteiger partial charge in [0.2, 0.25) is 0 Å². The van der Waals surface area contributed by atoms with Crippen molar-refractivity contribution < 1.29 is 18.3 Å². The molecule has 1 atom stereocenters. The maximum atomic E-state index is 14.2. The maximum absolute atomic E-state index is 14.2. The molecule has 1 unspecified atom stereocenters. The molecule has 0 fully saturated rings. The van der Waals surface area contributed by atoms with Crippen LogP contribution < -0.4 is 15.2 Å². The Labute approximate surface area is 189 Å². The summed E-state index contributed by atoms with van der Waals surface area (Å²) in [5, 5.41) is 0. The molecule has 6 nitrogen and oxygen atoms in total. The van der Waals surface area contributed by atoms with Crippen molar-refractivity contribution in [3.63, 3.8) is 0 Å². The van der Waals surface area contributed by atoms with Crippen LogP contribution in [0.1, 0.15) is 18.5 Å². The van der Waals surface area contributed by atoms with Crippen LogP contribution in [-0.2, 0) is 0 Å². The highest BCUT2D eigenvalue weighted by molar-refractivity contribution is 7.98. The van der Waals surface area contributed by atoms with Crippen molar-refractivity contribution in [1.82, 2.24) is 9.55 Å². The second-order valence-corrected chi connectivity index (χ2v) is 7.99. The Morgan fingerprint density at radius 3 is 2.72 bits per heavy atom. The molecule has 0 aliphatic rings. The van der Waals surface area contributed by atoms with Gasteiger partial charge >= 0.3 is 5.76 Å². The van der Waals surface area contributed by atoms with Gasteiger partial charge in [0.05, 0.1) is 19.8 Å². The number of hydrogen-bond acceptors (Lipinski definition) is 6. The van der Waals surface area contributed by atoms with E-state index in [1.165, 1.54) is 10.6 Å². The minimum atomic E-state index is -0.522. The van der Waals surface area contributed by atoms with Gasteiger partial charge < -0.3 is 13.9 Å². The summed E-state index contributed by atoms with van der Waals surface area (Å²) in [4.78, 5) is 17.4. The fourth-order valence-corrected chi connectivity index (χ4v) is 4.34. The Balaban J connectivity index is 1.83. The van der Waals surface area contributed by atoms with Gasteiger partial charge in [-0.15, -0.1) is 0 Å². The predicted octanol–water partition coefficient (Wildman–Crippen LogP) is 5.16. The Kier molecular flexibility index (Phi) is 6.50. The van der Waals surface area contributed by atoms with E-state index in [9.17, 15) is 9.18 Å². The zero-order valence-corrected chi connectivity index (χ0v) is 18.8. The van der Waals surface area contributed by atoms with Crippen molar-refractivity contribution in [1.29, 1.82) is 0 Å². The van der Waals surface area contributed by atoms with Crippen LogP contribution in [-0.4, -0.2) is 35.3 Å². The van der Waals surface area contributed by atoms with Crippen molar-refractivity contribution in [3.8, 4) is 22.6 Å². The van der Waals surface area contributed by atoms with Crippen molar-refractivity contribution in [2.75, 3.05) is 25.7 Å². The average Bonchev–Trinajstić information content (AvgIpc) is 3.12. The summed E-state index contributed by atoms with van der Waals surface area (Å²) >= 11 is 1.60. The summed E-state index contributed by atoms with van der Waals surface area (Å²) in [5.41, 5.74) is 2.52. The first-order valence-electron chi connectivity index (χ1n) is 10.1. The number of benzene rings is 2. The van der Waals surface area contributed by atoms with E-state index in [-0.39, 0.29) is 11.9 Å². The zero-order valence-electron chi connectivity index (χ0n) is 18.0. The lowest BCUT2D eigenvalue weighted by atomic mass is 10.1. The molecule has 0 aliphatic heterocycles. The molecule has 4 aromatic rings. The van der Waals surface area contributed by atoms with Gasteiger partial charge in [0.25, 0.3) is 0 Å². The number of rotatable bonds is 8.